The summed E-state index contributed by atoms with van der Waals surface area (Å²) >= 11 is 0. The van der Waals surface area contributed by atoms with Crippen molar-refractivity contribution in [1.29, 1.82) is 0 Å². The first-order valence-corrected chi connectivity index (χ1v) is 5.30. The third-order valence-electron chi connectivity index (χ3n) is 2.59. The van der Waals surface area contributed by atoms with E-state index in [4.69, 9.17) is 10.5 Å². The molecule has 1 aromatic carbocycles. The average molecular weight is 208 g/mol. The van der Waals surface area contributed by atoms with Crippen molar-refractivity contribution < 1.29 is 4.74 Å². The van der Waals surface area contributed by atoms with Gasteiger partial charge >= 0.3 is 0 Å². The molecule has 0 radical (unpaired) electrons. The monoisotopic (exact) mass is 208 g/mol. The number of nitrogen functional groups attached to an aromatic ring is 1. The molecule has 0 saturated carbocycles. The number of rotatable bonds is 5. The maximum absolute atomic E-state index is 5.74. The Kier molecular flexibility index (Phi) is 4.43. The molecule has 0 aromatic heterocycles. The molecule has 1 aromatic rings. The summed E-state index contributed by atoms with van der Waals surface area (Å²) in [6, 6.07) is 5.97. The molecular weight excluding hydrogens is 188 g/mol. The van der Waals surface area contributed by atoms with E-state index in [0.29, 0.717) is 0 Å². The summed E-state index contributed by atoms with van der Waals surface area (Å²) < 4.78 is 5.29. The quantitative estimate of drug-likeness (QED) is 0.730. The summed E-state index contributed by atoms with van der Waals surface area (Å²) in [6.07, 6.45) is 1.28. The van der Waals surface area contributed by atoms with E-state index in [0.717, 1.165) is 29.9 Å². The summed E-state index contributed by atoms with van der Waals surface area (Å²) in [6.45, 7) is 4.95. The molecule has 0 aliphatic rings. The maximum Gasteiger partial charge on any atom is 0.0740 e. The predicted octanol–water partition coefficient (Wildman–Crippen LogP) is 2.41. The molecule has 1 unspecified atom stereocenters. The lowest BCUT2D eigenvalue weighted by Crippen LogP contribution is -2.20. The molecule has 3 nitrogen and oxygen atoms in total. The van der Waals surface area contributed by atoms with Crippen LogP contribution in [0.4, 0.5) is 11.4 Å². The second kappa shape index (κ2) is 5.61. The zero-order valence-electron chi connectivity index (χ0n) is 9.71. The highest BCUT2D eigenvalue weighted by molar-refractivity contribution is 5.56. The van der Waals surface area contributed by atoms with Crippen molar-refractivity contribution in [1.82, 2.24) is 0 Å². The topological polar surface area (TPSA) is 47.3 Å². The maximum atomic E-state index is 5.74. The van der Waals surface area contributed by atoms with Crippen molar-refractivity contribution in [2.24, 2.45) is 0 Å². The summed E-state index contributed by atoms with van der Waals surface area (Å²) in [5, 5.41) is 3.33. The summed E-state index contributed by atoms with van der Waals surface area (Å²) in [4.78, 5) is 0. The molecule has 3 N–H and O–H groups in total. The first-order valence-electron chi connectivity index (χ1n) is 5.30. The normalized spacial score (nSPS) is 12.5. The lowest BCUT2D eigenvalue weighted by atomic mass is 10.2. The molecule has 0 aliphatic carbocycles. The molecule has 1 atom stereocenters. The molecule has 0 heterocycles. The van der Waals surface area contributed by atoms with Crippen LogP contribution in [0.3, 0.4) is 0 Å². The van der Waals surface area contributed by atoms with E-state index < -0.39 is 0 Å². The first-order chi connectivity index (χ1) is 7.17. The van der Waals surface area contributed by atoms with Crippen molar-refractivity contribution in [2.45, 2.75) is 26.4 Å². The van der Waals surface area contributed by atoms with Gasteiger partial charge in [0.2, 0.25) is 0 Å². The number of anilines is 2. The lowest BCUT2D eigenvalue weighted by Gasteiger charge is -2.15. The summed E-state index contributed by atoms with van der Waals surface area (Å²) in [5.74, 6) is 0. The van der Waals surface area contributed by atoms with E-state index in [1.807, 2.05) is 19.1 Å². The van der Waals surface area contributed by atoms with Crippen molar-refractivity contribution in [3.05, 3.63) is 23.8 Å². The van der Waals surface area contributed by atoms with Gasteiger partial charge in [0.15, 0.2) is 0 Å². The van der Waals surface area contributed by atoms with Gasteiger partial charge in [-0.1, -0.05) is 6.92 Å². The molecule has 0 spiro atoms. The Morgan fingerprint density at radius 3 is 2.73 bits per heavy atom. The molecule has 0 saturated heterocycles. The highest BCUT2D eigenvalue weighted by Gasteiger charge is 2.03. The number of nitrogens with two attached hydrogens (primary N) is 1. The molecule has 0 aliphatic heterocycles. The van der Waals surface area contributed by atoms with Gasteiger partial charge in [0, 0.05) is 25.0 Å². The predicted molar refractivity (Wildman–Crippen MR) is 65.2 cm³/mol. The van der Waals surface area contributed by atoms with Gasteiger partial charge in [-0.2, -0.15) is 0 Å². The standard InChI is InChI=1S/C12H20N2O/c1-4-11(15-3)8-14-10-5-6-12(13)9(2)7-10/h5-7,11,14H,4,8,13H2,1-3H3. The Morgan fingerprint density at radius 1 is 1.47 bits per heavy atom. The second-order valence-corrected chi connectivity index (χ2v) is 3.72. The molecule has 15 heavy (non-hydrogen) atoms. The van der Waals surface area contributed by atoms with Gasteiger partial charge in [-0.15, -0.1) is 0 Å². The number of nitrogens with one attached hydrogen (secondary N) is 1. The minimum atomic E-state index is 0.267. The number of benzene rings is 1. The SMILES string of the molecule is CCC(CNc1ccc(N)c(C)c1)OC. The Bertz CT molecular complexity index is 308. The molecular formula is C12H20N2O. The molecule has 0 fully saturated rings. The number of hydrogen-bond donors (Lipinski definition) is 2. The highest BCUT2D eigenvalue weighted by atomic mass is 16.5. The number of ether oxygens (including phenoxy) is 1. The van der Waals surface area contributed by atoms with Gasteiger partial charge in [-0.25, -0.2) is 0 Å². The molecule has 0 bridgehead atoms. The number of aryl methyl sites for hydroxylation is 1. The van der Waals surface area contributed by atoms with E-state index in [1.54, 1.807) is 7.11 Å². The zero-order chi connectivity index (χ0) is 11.3. The van der Waals surface area contributed by atoms with Gasteiger partial charge in [0.1, 0.15) is 0 Å². The van der Waals surface area contributed by atoms with Gasteiger partial charge in [0.25, 0.3) is 0 Å². The van der Waals surface area contributed by atoms with Crippen LogP contribution in [0.1, 0.15) is 18.9 Å². The average Bonchev–Trinajstić information content (AvgIpc) is 2.24. The van der Waals surface area contributed by atoms with Crippen molar-refractivity contribution in [2.75, 3.05) is 24.7 Å². The highest BCUT2D eigenvalue weighted by Crippen LogP contribution is 2.16. The van der Waals surface area contributed by atoms with E-state index in [9.17, 15) is 0 Å². The van der Waals surface area contributed by atoms with E-state index >= 15 is 0 Å². The van der Waals surface area contributed by atoms with Gasteiger partial charge in [0.05, 0.1) is 6.10 Å². The van der Waals surface area contributed by atoms with Crippen LogP contribution in [0.2, 0.25) is 0 Å². The lowest BCUT2D eigenvalue weighted by molar-refractivity contribution is 0.110. The van der Waals surface area contributed by atoms with Gasteiger partial charge in [-0.05, 0) is 37.1 Å². The van der Waals surface area contributed by atoms with Crippen LogP contribution in [0.25, 0.3) is 0 Å². The second-order valence-electron chi connectivity index (χ2n) is 3.72. The summed E-state index contributed by atoms with van der Waals surface area (Å²) in [7, 11) is 1.74. The van der Waals surface area contributed by atoms with Crippen LogP contribution in [0, 0.1) is 6.92 Å². The van der Waals surface area contributed by atoms with Crippen LogP contribution in [-0.4, -0.2) is 19.8 Å². The van der Waals surface area contributed by atoms with E-state index in [1.165, 1.54) is 0 Å². The smallest absolute Gasteiger partial charge is 0.0740 e. The van der Waals surface area contributed by atoms with Gasteiger partial charge in [-0.3, -0.25) is 0 Å². The van der Waals surface area contributed by atoms with Crippen LogP contribution in [0.15, 0.2) is 18.2 Å². The van der Waals surface area contributed by atoms with Crippen LogP contribution in [0.5, 0.6) is 0 Å². The third-order valence-corrected chi connectivity index (χ3v) is 2.59. The Morgan fingerprint density at radius 2 is 2.20 bits per heavy atom. The Balaban J connectivity index is 2.54. The Hall–Kier alpha value is -1.22. The molecule has 3 heteroatoms. The minimum Gasteiger partial charge on any atom is -0.399 e. The molecule has 1 rings (SSSR count). The zero-order valence-corrected chi connectivity index (χ0v) is 9.71. The number of methoxy groups -OCH3 is 1. The molecule has 84 valence electrons. The van der Waals surface area contributed by atoms with Gasteiger partial charge < -0.3 is 15.8 Å². The minimum absolute atomic E-state index is 0.267. The fourth-order valence-corrected chi connectivity index (χ4v) is 1.41. The van der Waals surface area contributed by atoms with Crippen LogP contribution >= 0.6 is 0 Å². The fourth-order valence-electron chi connectivity index (χ4n) is 1.41. The largest absolute Gasteiger partial charge is 0.399 e. The summed E-state index contributed by atoms with van der Waals surface area (Å²) in [5.41, 5.74) is 8.77. The van der Waals surface area contributed by atoms with Crippen LogP contribution in [-0.2, 0) is 4.74 Å². The fraction of sp³-hybridized carbons (Fsp3) is 0.500. The van der Waals surface area contributed by atoms with Crippen molar-refractivity contribution in [3.8, 4) is 0 Å². The van der Waals surface area contributed by atoms with E-state index in [2.05, 4.69) is 18.3 Å². The van der Waals surface area contributed by atoms with Crippen LogP contribution < -0.4 is 11.1 Å². The van der Waals surface area contributed by atoms with E-state index in [-0.39, 0.29) is 6.10 Å². The van der Waals surface area contributed by atoms with Crippen molar-refractivity contribution in [3.63, 3.8) is 0 Å². The molecule has 0 amide bonds. The Labute approximate surface area is 91.6 Å². The third kappa shape index (κ3) is 3.44. The first kappa shape index (κ1) is 11.9. The number of hydrogen-bond acceptors (Lipinski definition) is 3. The van der Waals surface area contributed by atoms with Crippen molar-refractivity contribution >= 4 is 11.4 Å².